The largest absolute Gasteiger partial charge is 0.327 e. The first kappa shape index (κ1) is 18.5. The molecule has 0 aromatic heterocycles. The van der Waals surface area contributed by atoms with Gasteiger partial charge in [0.25, 0.3) is 5.91 Å². The lowest BCUT2D eigenvalue weighted by Crippen LogP contribution is -2.37. The van der Waals surface area contributed by atoms with Crippen molar-refractivity contribution in [3.05, 3.63) is 35.9 Å². The van der Waals surface area contributed by atoms with E-state index in [0.717, 1.165) is 31.2 Å². The lowest BCUT2D eigenvalue weighted by atomic mass is 10.0. The molecule has 1 atom stereocenters. The molecule has 0 spiro atoms. The molecule has 1 saturated heterocycles. The highest BCUT2D eigenvalue weighted by Crippen LogP contribution is 2.22. The number of urea groups is 1. The molecule has 1 aromatic rings. The van der Waals surface area contributed by atoms with Crippen LogP contribution in [0.4, 0.5) is 4.79 Å². The van der Waals surface area contributed by atoms with Gasteiger partial charge in [-0.15, -0.1) is 0 Å². The van der Waals surface area contributed by atoms with Crippen molar-refractivity contribution in [2.45, 2.75) is 64.8 Å². The smallest absolute Gasteiger partial charge is 0.312 e. The van der Waals surface area contributed by atoms with Gasteiger partial charge in [-0.05, 0) is 18.4 Å². The molecule has 0 aliphatic carbocycles. The number of carbonyl (C=O) groups excluding carboxylic acids is 2. The van der Waals surface area contributed by atoms with E-state index in [1.54, 1.807) is 4.90 Å². The van der Waals surface area contributed by atoms with Gasteiger partial charge in [-0.2, -0.15) is 0 Å². The van der Waals surface area contributed by atoms with Crippen molar-refractivity contribution in [3.63, 3.8) is 0 Å². The molecule has 0 N–H and O–H groups in total. The highest BCUT2D eigenvalue weighted by Gasteiger charge is 2.43. The molecule has 4 nitrogen and oxygen atoms in total. The molecule has 1 aliphatic rings. The Hall–Kier alpha value is -1.84. The quantitative estimate of drug-likeness (QED) is 0.475. The van der Waals surface area contributed by atoms with Gasteiger partial charge in [0, 0.05) is 19.5 Å². The second-order valence-electron chi connectivity index (χ2n) is 6.59. The summed E-state index contributed by atoms with van der Waals surface area (Å²) in [7, 11) is 0. The van der Waals surface area contributed by atoms with E-state index in [1.165, 1.54) is 17.7 Å². The minimum atomic E-state index is -0.335. The van der Waals surface area contributed by atoms with Crippen molar-refractivity contribution in [2.75, 3.05) is 13.1 Å². The van der Waals surface area contributed by atoms with Crippen molar-refractivity contribution >= 4 is 11.9 Å². The normalized spacial score (nSPS) is 17.8. The van der Waals surface area contributed by atoms with Crippen molar-refractivity contribution < 1.29 is 9.59 Å². The first-order valence-electron chi connectivity index (χ1n) is 9.35. The lowest BCUT2D eigenvalue weighted by Gasteiger charge is -2.22. The molecular formula is C20H30N2O2. The molecule has 1 heterocycles. The van der Waals surface area contributed by atoms with Gasteiger partial charge < -0.3 is 4.90 Å². The maximum absolute atomic E-state index is 12.8. The molecule has 132 valence electrons. The molecular weight excluding hydrogens is 300 g/mol. The molecule has 1 aliphatic heterocycles. The number of nitrogens with zero attached hydrogens (tertiary/aromatic N) is 2. The summed E-state index contributed by atoms with van der Waals surface area (Å²) in [5.41, 5.74) is 1.11. The van der Waals surface area contributed by atoms with Crippen LogP contribution in [0.1, 0.15) is 57.9 Å². The fourth-order valence-corrected chi connectivity index (χ4v) is 3.21. The number of hydrogen-bond donors (Lipinski definition) is 0. The number of hydrogen-bond acceptors (Lipinski definition) is 2. The second kappa shape index (κ2) is 9.45. The standard InChI is InChI=1S/C20H30N2O2/c1-3-5-7-11-15-21-18(16-17-12-9-8-10-13-17)19(23)22(20(21)24)14-6-4-2/h8-10,12-13,18H,3-7,11,14-16H2,1-2H3. The van der Waals surface area contributed by atoms with Crippen LogP contribution in [-0.2, 0) is 11.2 Å². The molecule has 0 bridgehead atoms. The molecule has 3 amide bonds. The number of imide groups is 1. The van der Waals surface area contributed by atoms with Crippen LogP contribution < -0.4 is 0 Å². The van der Waals surface area contributed by atoms with E-state index >= 15 is 0 Å². The SMILES string of the molecule is CCCCCCN1C(=O)N(CCCC)C(=O)C1Cc1ccccc1. The Morgan fingerprint density at radius 2 is 1.58 bits per heavy atom. The predicted octanol–water partition coefficient (Wildman–Crippen LogP) is 4.24. The van der Waals surface area contributed by atoms with Gasteiger partial charge in [0.15, 0.2) is 0 Å². The van der Waals surface area contributed by atoms with Gasteiger partial charge in [0.05, 0.1) is 0 Å². The number of benzene rings is 1. The Balaban J connectivity index is 2.08. The van der Waals surface area contributed by atoms with Gasteiger partial charge in [-0.1, -0.05) is 69.9 Å². The fraction of sp³-hybridized carbons (Fsp3) is 0.600. The summed E-state index contributed by atoms with van der Waals surface area (Å²) < 4.78 is 0. The van der Waals surface area contributed by atoms with E-state index in [1.807, 2.05) is 30.3 Å². The summed E-state index contributed by atoms with van der Waals surface area (Å²) in [4.78, 5) is 28.8. The molecule has 1 unspecified atom stereocenters. The molecule has 1 aromatic carbocycles. The number of carbonyl (C=O) groups is 2. The van der Waals surface area contributed by atoms with Crippen molar-refractivity contribution in [1.82, 2.24) is 9.80 Å². The van der Waals surface area contributed by atoms with E-state index in [9.17, 15) is 9.59 Å². The summed E-state index contributed by atoms with van der Waals surface area (Å²) in [5.74, 6) is -0.0206. The Morgan fingerprint density at radius 3 is 2.25 bits per heavy atom. The molecule has 4 heteroatoms. The molecule has 1 fully saturated rings. The minimum absolute atomic E-state index is 0.0206. The van der Waals surface area contributed by atoms with Crippen molar-refractivity contribution in [2.24, 2.45) is 0 Å². The maximum atomic E-state index is 12.8. The van der Waals surface area contributed by atoms with E-state index in [-0.39, 0.29) is 18.0 Å². The van der Waals surface area contributed by atoms with Crippen LogP contribution in [0.2, 0.25) is 0 Å². The van der Waals surface area contributed by atoms with Crippen LogP contribution in [0.25, 0.3) is 0 Å². The average Bonchev–Trinajstić information content (AvgIpc) is 2.81. The lowest BCUT2D eigenvalue weighted by molar-refractivity contribution is -0.128. The van der Waals surface area contributed by atoms with Crippen LogP contribution in [0.3, 0.4) is 0 Å². The predicted molar refractivity (Wildman–Crippen MR) is 96.8 cm³/mol. The van der Waals surface area contributed by atoms with Gasteiger partial charge >= 0.3 is 6.03 Å². The second-order valence-corrected chi connectivity index (χ2v) is 6.59. The highest BCUT2D eigenvalue weighted by atomic mass is 16.2. The Kier molecular flexibility index (Phi) is 7.29. The van der Waals surface area contributed by atoms with Gasteiger partial charge in [-0.3, -0.25) is 9.69 Å². The van der Waals surface area contributed by atoms with Crippen LogP contribution in [-0.4, -0.2) is 40.9 Å². The maximum Gasteiger partial charge on any atom is 0.327 e. The third-order valence-corrected chi connectivity index (χ3v) is 4.66. The van der Waals surface area contributed by atoms with E-state index < -0.39 is 0 Å². The Morgan fingerprint density at radius 1 is 0.875 bits per heavy atom. The van der Waals surface area contributed by atoms with Crippen molar-refractivity contribution in [1.29, 1.82) is 0 Å². The zero-order valence-corrected chi connectivity index (χ0v) is 15.0. The summed E-state index contributed by atoms with van der Waals surface area (Å²) in [5, 5.41) is 0. The van der Waals surface area contributed by atoms with E-state index in [4.69, 9.17) is 0 Å². The molecule has 24 heavy (non-hydrogen) atoms. The Bertz CT molecular complexity index is 530. The molecule has 0 saturated carbocycles. The monoisotopic (exact) mass is 330 g/mol. The van der Waals surface area contributed by atoms with Crippen LogP contribution in [0.15, 0.2) is 30.3 Å². The minimum Gasteiger partial charge on any atom is -0.312 e. The molecule has 2 rings (SSSR count). The van der Waals surface area contributed by atoms with Crippen LogP contribution >= 0.6 is 0 Å². The third kappa shape index (κ3) is 4.59. The van der Waals surface area contributed by atoms with Crippen LogP contribution in [0.5, 0.6) is 0 Å². The number of rotatable bonds is 10. The zero-order valence-electron chi connectivity index (χ0n) is 15.0. The van der Waals surface area contributed by atoms with Gasteiger partial charge in [0.1, 0.15) is 6.04 Å². The van der Waals surface area contributed by atoms with E-state index in [2.05, 4.69) is 13.8 Å². The summed E-state index contributed by atoms with van der Waals surface area (Å²) in [6.45, 7) is 5.49. The zero-order chi connectivity index (χ0) is 17.4. The first-order valence-corrected chi connectivity index (χ1v) is 9.35. The summed E-state index contributed by atoms with van der Waals surface area (Å²) in [6, 6.07) is 9.57. The third-order valence-electron chi connectivity index (χ3n) is 4.66. The van der Waals surface area contributed by atoms with Gasteiger partial charge in [-0.25, -0.2) is 4.79 Å². The van der Waals surface area contributed by atoms with Crippen LogP contribution in [0, 0.1) is 0 Å². The summed E-state index contributed by atoms with van der Waals surface area (Å²) >= 11 is 0. The van der Waals surface area contributed by atoms with E-state index in [0.29, 0.717) is 19.5 Å². The number of amides is 3. The van der Waals surface area contributed by atoms with Gasteiger partial charge in [0.2, 0.25) is 0 Å². The molecule has 0 radical (unpaired) electrons. The van der Waals surface area contributed by atoms with Crippen molar-refractivity contribution in [3.8, 4) is 0 Å². The first-order chi connectivity index (χ1) is 11.7. The topological polar surface area (TPSA) is 40.6 Å². The fourth-order valence-electron chi connectivity index (χ4n) is 3.21. The summed E-state index contributed by atoms with van der Waals surface area (Å²) in [6.07, 6.45) is 6.90. The highest BCUT2D eigenvalue weighted by molar-refractivity contribution is 6.04. The Labute approximate surface area is 145 Å². The average molecular weight is 330 g/mol. The number of unbranched alkanes of at least 4 members (excludes halogenated alkanes) is 4.